The topological polar surface area (TPSA) is 62.3 Å². The minimum absolute atomic E-state index is 0.0240. The predicted octanol–water partition coefficient (Wildman–Crippen LogP) is 4.13. The first kappa shape index (κ1) is 18.3. The van der Waals surface area contributed by atoms with E-state index in [4.69, 9.17) is 11.6 Å². The molecule has 1 aliphatic heterocycles. The average Bonchev–Trinajstić information content (AvgIpc) is 2.85. The summed E-state index contributed by atoms with van der Waals surface area (Å²) in [5.74, 6) is -1.62. The van der Waals surface area contributed by atoms with Gasteiger partial charge in [-0.15, -0.1) is 0 Å². The Hall–Kier alpha value is -3.06. The summed E-state index contributed by atoms with van der Waals surface area (Å²) in [5, 5.41) is 3.19. The molecule has 1 aliphatic rings. The maximum absolute atomic E-state index is 14.0. The molecule has 0 bridgehead atoms. The molecular weight excluding hydrogens is 388 g/mol. The zero-order valence-electron chi connectivity index (χ0n) is 14.7. The van der Waals surface area contributed by atoms with Crippen LogP contribution in [0.5, 0.6) is 0 Å². The molecule has 0 spiro atoms. The molecule has 3 amide bonds. The van der Waals surface area contributed by atoms with Crippen LogP contribution in [0.3, 0.4) is 0 Å². The van der Waals surface area contributed by atoms with E-state index in [-0.39, 0.29) is 17.1 Å². The summed E-state index contributed by atoms with van der Waals surface area (Å²) in [6.07, 6.45) is 1.55. The van der Waals surface area contributed by atoms with Crippen LogP contribution >= 0.6 is 11.6 Å². The molecule has 1 fully saturated rings. The van der Waals surface area contributed by atoms with Crippen LogP contribution in [0.2, 0.25) is 5.02 Å². The summed E-state index contributed by atoms with van der Waals surface area (Å²) < 4.78 is 27.4. The van der Waals surface area contributed by atoms with E-state index in [2.05, 4.69) is 10.3 Å². The zero-order valence-corrected chi connectivity index (χ0v) is 15.4. The number of amides is 3. The largest absolute Gasteiger partial charge is 0.325 e. The number of nitrogens with zero attached hydrogens (tertiary/aromatic N) is 2. The van der Waals surface area contributed by atoms with E-state index < -0.39 is 29.1 Å². The van der Waals surface area contributed by atoms with Crippen molar-refractivity contribution in [1.29, 1.82) is 0 Å². The summed E-state index contributed by atoms with van der Waals surface area (Å²) in [4.78, 5) is 30.8. The van der Waals surface area contributed by atoms with Crippen molar-refractivity contribution in [3.63, 3.8) is 0 Å². The molecule has 1 N–H and O–H groups in total. The Balaban J connectivity index is 1.73. The van der Waals surface area contributed by atoms with E-state index in [0.29, 0.717) is 16.5 Å². The number of carbonyl (C=O) groups excluding carboxylic acids is 2. The summed E-state index contributed by atoms with van der Waals surface area (Å²) in [7, 11) is 0. The van der Waals surface area contributed by atoms with Gasteiger partial charge in [-0.2, -0.15) is 0 Å². The molecule has 2 aromatic carbocycles. The first-order valence-electron chi connectivity index (χ1n) is 8.42. The van der Waals surface area contributed by atoms with Crippen LogP contribution in [0.1, 0.15) is 18.1 Å². The van der Waals surface area contributed by atoms with Gasteiger partial charge in [-0.1, -0.05) is 23.7 Å². The predicted molar refractivity (Wildman–Crippen MR) is 99.5 cm³/mol. The molecule has 3 aromatic rings. The van der Waals surface area contributed by atoms with Gasteiger partial charge in [-0.3, -0.25) is 14.7 Å². The molecule has 0 saturated carbocycles. The van der Waals surface area contributed by atoms with Gasteiger partial charge in [0.25, 0.3) is 5.91 Å². The summed E-state index contributed by atoms with van der Waals surface area (Å²) in [5.41, 5.74) is -0.288. The highest BCUT2D eigenvalue weighted by Gasteiger charge is 2.50. The van der Waals surface area contributed by atoms with Crippen LogP contribution in [0.4, 0.5) is 13.6 Å². The highest BCUT2D eigenvalue weighted by molar-refractivity contribution is 6.32. The molecular formula is C20H14ClF2N3O2. The van der Waals surface area contributed by atoms with Gasteiger partial charge < -0.3 is 5.32 Å². The average molecular weight is 402 g/mol. The normalized spacial score (nSPS) is 19.4. The first-order chi connectivity index (χ1) is 13.3. The van der Waals surface area contributed by atoms with E-state index in [1.807, 2.05) is 0 Å². The van der Waals surface area contributed by atoms with Crippen LogP contribution in [0, 0.1) is 11.6 Å². The molecule has 28 heavy (non-hydrogen) atoms. The van der Waals surface area contributed by atoms with Crippen molar-refractivity contribution >= 4 is 34.4 Å². The SMILES string of the molecule is CC1(c2ccc(F)cc2Cl)NC(=O)N(Cc2cc(F)cc3cccnc23)C1=O. The lowest BCUT2D eigenvalue weighted by atomic mass is 9.92. The van der Waals surface area contributed by atoms with Gasteiger partial charge in [0.2, 0.25) is 0 Å². The van der Waals surface area contributed by atoms with Crippen molar-refractivity contribution in [3.05, 3.63) is 76.4 Å². The van der Waals surface area contributed by atoms with Crippen LogP contribution in [0.15, 0.2) is 48.7 Å². The minimum atomic E-state index is -1.46. The van der Waals surface area contributed by atoms with Gasteiger partial charge in [-0.05, 0) is 37.3 Å². The third-order valence-corrected chi connectivity index (χ3v) is 5.13. The summed E-state index contributed by atoms with van der Waals surface area (Å²) >= 11 is 6.10. The highest BCUT2D eigenvalue weighted by Crippen LogP contribution is 2.35. The lowest BCUT2D eigenvalue weighted by Crippen LogP contribution is -2.41. The Morgan fingerprint density at radius 1 is 1.14 bits per heavy atom. The first-order valence-corrected chi connectivity index (χ1v) is 8.80. The van der Waals surface area contributed by atoms with E-state index >= 15 is 0 Å². The molecule has 1 aromatic heterocycles. The van der Waals surface area contributed by atoms with Crippen LogP contribution in [0.25, 0.3) is 10.9 Å². The van der Waals surface area contributed by atoms with Crippen molar-refractivity contribution in [2.75, 3.05) is 0 Å². The maximum atomic E-state index is 14.0. The second-order valence-electron chi connectivity index (χ2n) is 6.71. The number of nitrogens with one attached hydrogen (secondary N) is 1. The number of urea groups is 1. The highest BCUT2D eigenvalue weighted by atomic mass is 35.5. The second kappa shape index (κ2) is 6.53. The number of rotatable bonds is 3. The van der Waals surface area contributed by atoms with Crippen LogP contribution in [-0.4, -0.2) is 21.8 Å². The smallest absolute Gasteiger partial charge is 0.319 e. The third kappa shape index (κ3) is 2.88. The molecule has 1 atom stereocenters. The molecule has 0 aliphatic carbocycles. The Morgan fingerprint density at radius 3 is 2.68 bits per heavy atom. The van der Waals surface area contributed by atoms with E-state index in [9.17, 15) is 18.4 Å². The number of fused-ring (bicyclic) bond motifs is 1. The number of aromatic nitrogens is 1. The standard InChI is InChI=1S/C20H14ClF2N3O2/c1-20(15-5-4-13(22)9-16(15)21)18(27)26(19(28)25-20)10-12-8-14(23)7-11-3-2-6-24-17(11)12/h2-9H,10H2,1H3,(H,25,28). The van der Waals surface area contributed by atoms with Crippen molar-refractivity contribution in [1.82, 2.24) is 15.2 Å². The number of benzene rings is 2. The fraction of sp³-hybridized carbons (Fsp3) is 0.150. The minimum Gasteiger partial charge on any atom is -0.319 e. The molecule has 2 heterocycles. The lowest BCUT2D eigenvalue weighted by Gasteiger charge is -2.23. The van der Waals surface area contributed by atoms with Crippen molar-refractivity contribution in [3.8, 4) is 0 Å². The Kier molecular flexibility index (Phi) is 4.27. The quantitative estimate of drug-likeness (QED) is 0.671. The van der Waals surface area contributed by atoms with Gasteiger partial charge in [0.15, 0.2) is 0 Å². The van der Waals surface area contributed by atoms with Gasteiger partial charge >= 0.3 is 6.03 Å². The summed E-state index contributed by atoms with van der Waals surface area (Å²) in [6, 6.07) is 8.90. The molecule has 4 rings (SSSR count). The zero-order chi connectivity index (χ0) is 20.1. The fourth-order valence-corrected chi connectivity index (χ4v) is 3.79. The number of carbonyl (C=O) groups is 2. The van der Waals surface area contributed by atoms with Crippen molar-refractivity contribution in [2.45, 2.75) is 19.0 Å². The third-order valence-electron chi connectivity index (χ3n) is 4.82. The maximum Gasteiger partial charge on any atom is 0.325 e. The van der Waals surface area contributed by atoms with Crippen LogP contribution in [-0.2, 0) is 16.9 Å². The Labute approximate surface area is 163 Å². The number of pyridine rings is 1. The van der Waals surface area contributed by atoms with Gasteiger partial charge in [0, 0.05) is 27.7 Å². The van der Waals surface area contributed by atoms with Crippen LogP contribution < -0.4 is 5.32 Å². The Morgan fingerprint density at radius 2 is 1.93 bits per heavy atom. The van der Waals surface area contributed by atoms with Crippen molar-refractivity contribution in [2.24, 2.45) is 0 Å². The Bertz CT molecular complexity index is 1140. The number of hydrogen-bond acceptors (Lipinski definition) is 3. The summed E-state index contributed by atoms with van der Waals surface area (Å²) in [6.45, 7) is 1.33. The molecule has 142 valence electrons. The molecule has 1 unspecified atom stereocenters. The van der Waals surface area contributed by atoms with E-state index in [1.165, 1.54) is 31.2 Å². The number of hydrogen-bond donors (Lipinski definition) is 1. The molecule has 5 nitrogen and oxygen atoms in total. The number of halogens is 3. The van der Waals surface area contributed by atoms with Gasteiger partial charge in [0.1, 0.15) is 17.2 Å². The van der Waals surface area contributed by atoms with Gasteiger partial charge in [0.05, 0.1) is 12.1 Å². The molecule has 8 heteroatoms. The monoisotopic (exact) mass is 401 g/mol. The van der Waals surface area contributed by atoms with Gasteiger partial charge in [-0.25, -0.2) is 13.6 Å². The fourth-order valence-electron chi connectivity index (χ4n) is 3.44. The number of imide groups is 1. The molecule has 0 radical (unpaired) electrons. The molecule has 1 saturated heterocycles. The van der Waals surface area contributed by atoms with E-state index in [1.54, 1.807) is 18.3 Å². The van der Waals surface area contributed by atoms with Crippen molar-refractivity contribution < 1.29 is 18.4 Å². The second-order valence-corrected chi connectivity index (χ2v) is 7.12. The lowest BCUT2D eigenvalue weighted by molar-refractivity contribution is -0.131. The van der Waals surface area contributed by atoms with E-state index in [0.717, 1.165) is 11.0 Å².